The Hall–Kier alpha value is -2.98. The van der Waals surface area contributed by atoms with Crippen molar-refractivity contribution >= 4 is 46.5 Å². The number of hydrogen-bond acceptors (Lipinski definition) is 8. The van der Waals surface area contributed by atoms with Crippen LogP contribution in [0.4, 0.5) is 16.4 Å². The van der Waals surface area contributed by atoms with Crippen LogP contribution < -0.4 is 10.6 Å². The topological polar surface area (TPSA) is 129 Å². The standard InChI is InChI=1S/C20H22ClN7O2S.4H2/c1-20(2,3)30-19(29)25-16(22)13-6-7-14(31-13)18-23-9-11(21)17(26-18)24-15-8-12(27-28-15)10-4-5-10;;;;/h6-10H,4-5H2,1-3H3,(H2,22,25,29)(H2,23,24,26,27,28);4*1H. The molecule has 170 valence electrons. The molecule has 3 heterocycles. The van der Waals surface area contributed by atoms with E-state index in [1.807, 2.05) is 6.07 Å². The summed E-state index contributed by atoms with van der Waals surface area (Å²) in [5.74, 6) is 2.04. The molecule has 3 aromatic rings. The van der Waals surface area contributed by atoms with Gasteiger partial charge in [0.15, 0.2) is 17.5 Å². The van der Waals surface area contributed by atoms with Crippen LogP contribution in [0.15, 0.2) is 24.4 Å². The highest BCUT2D eigenvalue weighted by Crippen LogP contribution is 2.40. The number of ether oxygens (including phenoxy) is 1. The zero-order valence-corrected chi connectivity index (χ0v) is 18.8. The van der Waals surface area contributed by atoms with Crippen molar-refractivity contribution in [2.75, 3.05) is 5.32 Å². The second-order valence-electron chi connectivity index (χ2n) is 8.16. The predicted octanol–water partition coefficient (Wildman–Crippen LogP) is 6.04. The Kier molecular flexibility index (Phi) is 5.67. The maximum Gasteiger partial charge on any atom is 0.413 e. The monoisotopic (exact) mass is 467 g/mol. The first-order valence-corrected chi connectivity index (χ1v) is 10.9. The van der Waals surface area contributed by atoms with Gasteiger partial charge in [0.05, 0.1) is 16.0 Å². The zero-order chi connectivity index (χ0) is 22.2. The first-order chi connectivity index (χ1) is 14.7. The van der Waals surface area contributed by atoms with Gasteiger partial charge in [-0.25, -0.2) is 14.8 Å². The smallest absolute Gasteiger partial charge is 0.413 e. The molecule has 0 aliphatic heterocycles. The molecular weight excluding hydrogens is 438 g/mol. The third-order valence-corrected chi connectivity index (χ3v) is 5.68. The molecule has 1 amide bonds. The van der Waals surface area contributed by atoms with E-state index in [0.717, 1.165) is 10.6 Å². The highest BCUT2D eigenvalue weighted by Gasteiger charge is 2.25. The summed E-state index contributed by atoms with van der Waals surface area (Å²) < 4.78 is 5.18. The van der Waals surface area contributed by atoms with E-state index in [1.165, 1.54) is 30.4 Å². The number of nitrogens with one attached hydrogen (secondary N) is 4. The maximum absolute atomic E-state index is 11.9. The van der Waals surface area contributed by atoms with Gasteiger partial charge in [-0.1, -0.05) is 11.6 Å². The molecule has 1 saturated carbocycles. The van der Waals surface area contributed by atoms with Crippen molar-refractivity contribution < 1.29 is 15.2 Å². The normalized spacial score (nSPS) is 13.7. The molecule has 4 N–H and O–H groups in total. The fourth-order valence-corrected chi connectivity index (χ4v) is 3.75. The number of aromatic nitrogens is 4. The van der Waals surface area contributed by atoms with E-state index in [0.29, 0.717) is 33.3 Å². The highest BCUT2D eigenvalue weighted by atomic mass is 35.5. The molecular formula is C20H30ClN7O2S. The van der Waals surface area contributed by atoms with Gasteiger partial charge in [-0.3, -0.25) is 15.8 Å². The lowest BCUT2D eigenvalue weighted by Crippen LogP contribution is -2.36. The van der Waals surface area contributed by atoms with Gasteiger partial charge < -0.3 is 10.1 Å². The van der Waals surface area contributed by atoms with Gasteiger partial charge in [0.25, 0.3) is 0 Å². The Labute approximate surface area is 194 Å². The average Bonchev–Trinajstić information content (AvgIpc) is 3.22. The van der Waals surface area contributed by atoms with Crippen LogP contribution in [-0.4, -0.2) is 37.7 Å². The van der Waals surface area contributed by atoms with Gasteiger partial charge in [0, 0.05) is 23.4 Å². The number of aromatic amines is 1. The van der Waals surface area contributed by atoms with Crippen molar-refractivity contribution in [1.29, 1.82) is 5.41 Å². The molecule has 0 spiro atoms. The van der Waals surface area contributed by atoms with Crippen LogP contribution in [0.25, 0.3) is 10.7 Å². The quantitative estimate of drug-likeness (QED) is 0.267. The van der Waals surface area contributed by atoms with Gasteiger partial charge in [0.1, 0.15) is 16.5 Å². The van der Waals surface area contributed by atoms with Gasteiger partial charge in [-0.15, -0.1) is 11.3 Å². The second kappa shape index (κ2) is 8.27. The van der Waals surface area contributed by atoms with E-state index >= 15 is 0 Å². The number of hydrogen-bond donors (Lipinski definition) is 4. The lowest BCUT2D eigenvalue weighted by molar-refractivity contribution is 0.0563. The minimum atomic E-state index is -0.675. The number of carbonyl (C=O) groups is 1. The van der Waals surface area contributed by atoms with Crippen LogP contribution in [0.1, 0.15) is 55.8 Å². The molecule has 3 aromatic heterocycles. The maximum atomic E-state index is 11.9. The van der Waals surface area contributed by atoms with Crippen LogP contribution in [0.2, 0.25) is 5.02 Å². The molecule has 0 aromatic carbocycles. The molecule has 9 nitrogen and oxygen atoms in total. The van der Waals surface area contributed by atoms with Crippen LogP contribution in [0, 0.1) is 5.41 Å². The summed E-state index contributed by atoms with van der Waals surface area (Å²) in [5, 5.41) is 21.4. The molecule has 31 heavy (non-hydrogen) atoms. The summed E-state index contributed by atoms with van der Waals surface area (Å²) in [7, 11) is 0. The minimum absolute atomic E-state index is 0. The van der Waals surface area contributed by atoms with Crippen LogP contribution in [0.5, 0.6) is 0 Å². The van der Waals surface area contributed by atoms with E-state index in [4.69, 9.17) is 21.7 Å². The summed E-state index contributed by atoms with van der Waals surface area (Å²) in [6.07, 6.45) is 3.20. The molecule has 4 rings (SSSR count). The van der Waals surface area contributed by atoms with Crippen molar-refractivity contribution in [3.63, 3.8) is 0 Å². The summed E-state index contributed by atoms with van der Waals surface area (Å²) in [6, 6.07) is 5.47. The van der Waals surface area contributed by atoms with E-state index in [9.17, 15) is 4.79 Å². The van der Waals surface area contributed by atoms with Crippen molar-refractivity contribution in [3.8, 4) is 10.7 Å². The number of halogens is 1. The molecule has 1 aliphatic rings. The summed E-state index contributed by atoms with van der Waals surface area (Å²) in [5.41, 5.74) is 0.464. The number of thiophene rings is 1. The molecule has 1 fully saturated rings. The molecule has 1 aliphatic carbocycles. The molecule has 0 saturated heterocycles. The number of H-pyrrole nitrogens is 1. The number of amides is 1. The summed E-state index contributed by atoms with van der Waals surface area (Å²) in [4.78, 5) is 22.0. The third-order valence-electron chi connectivity index (χ3n) is 4.30. The van der Waals surface area contributed by atoms with Crippen LogP contribution >= 0.6 is 22.9 Å². The van der Waals surface area contributed by atoms with E-state index in [1.54, 1.807) is 32.9 Å². The number of nitrogens with zero attached hydrogens (tertiary/aromatic N) is 3. The molecule has 11 heteroatoms. The van der Waals surface area contributed by atoms with Gasteiger partial charge >= 0.3 is 6.09 Å². The van der Waals surface area contributed by atoms with Gasteiger partial charge in [-0.05, 0) is 45.7 Å². The molecule has 0 bridgehead atoms. The Morgan fingerprint density at radius 1 is 1.39 bits per heavy atom. The lowest BCUT2D eigenvalue weighted by atomic mass is 10.2. The van der Waals surface area contributed by atoms with Crippen LogP contribution in [0.3, 0.4) is 0 Å². The number of rotatable bonds is 5. The van der Waals surface area contributed by atoms with Crippen molar-refractivity contribution in [2.24, 2.45) is 0 Å². The molecule has 0 radical (unpaired) electrons. The van der Waals surface area contributed by atoms with Crippen molar-refractivity contribution in [2.45, 2.75) is 45.1 Å². The highest BCUT2D eigenvalue weighted by molar-refractivity contribution is 7.17. The van der Waals surface area contributed by atoms with E-state index in [2.05, 4.69) is 30.8 Å². The Bertz CT molecular complexity index is 1150. The molecule has 0 unspecified atom stereocenters. The Morgan fingerprint density at radius 3 is 2.87 bits per heavy atom. The fourth-order valence-electron chi connectivity index (χ4n) is 2.76. The fraction of sp³-hybridized carbons (Fsp3) is 0.350. The first kappa shape index (κ1) is 21.3. The SMILES string of the molecule is CC(C)(C)OC(=O)NC(=N)c1ccc(-c2ncc(Cl)c(Nc3cc(C4CC4)[nH]n3)n2)s1.[HH].[HH].[HH].[HH]. The lowest BCUT2D eigenvalue weighted by Gasteiger charge is -2.19. The van der Waals surface area contributed by atoms with Crippen molar-refractivity contribution in [3.05, 3.63) is 40.0 Å². The van der Waals surface area contributed by atoms with Gasteiger partial charge in [-0.2, -0.15) is 5.10 Å². The Balaban J connectivity index is 0.00000289. The minimum Gasteiger partial charge on any atom is -0.444 e. The Morgan fingerprint density at radius 2 is 2.16 bits per heavy atom. The third kappa shape index (κ3) is 5.39. The number of amidine groups is 1. The van der Waals surface area contributed by atoms with Crippen molar-refractivity contribution in [1.82, 2.24) is 25.5 Å². The number of alkyl carbamates (subject to hydrolysis) is 1. The first-order valence-electron chi connectivity index (χ1n) is 9.72. The second-order valence-corrected chi connectivity index (χ2v) is 9.65. The van der Waals surface area contributed by atoms with E-state index in [-0.39, 0.29) is 11.5 Å². The molecule has 0 atom stereocenters. The number of carbonyl (C=O) groups excluding carboxylic acids is 1. The number of anilines is 2. The van der Waals surface area contributed by atoms with Crippen LogP contribution in [-0.2, 0) is 4.74 Å². The summed E-state index contributed by atoms with van der Waals surface area (Å²) >= 11 is 7.54. The van der Waals surface area contributed by atoms with E-state index < -0.39 is 11.7 Å². The summed E-state index contributed by atoms with van der Waals surface area (Å²) in [6.45, 7) is 5.29. The predicted molar refractivity (Wildman–Crippen MR) is 129 cm³/mol. The zero-order valence-electron chi connectivity index (χ0n) is 17.2. The average molecular weight is 468 g/mol. The largest absolute Gasteiger partial charge is 0.444 e. The van der Waals surface area contributed by atoms with Gasteiger partial charge in [0.2, 0.25) is 0 Å².